The molecule has 12 heavy (non-hydrogen) atoms. The van der Waals surface area contributed by atoms with Gasteiger partial charge >= 0.3 is 0 Å². The van der Waals surface area contributed by atoms with E-state index in [1.54, 1.807) is 0 Å². The first-order chi connectivity index (χ1) is 5.61. The first-order valence-electron chi connectivity index (χ1n) is 4.34. The van der Waals surface area contributed by atoms with Crippen LogP contribution in [0, 0.1) is 5.92 Å². The molecule has 0 aromatic carbocycles. The molecule has 1 rings (SSSR count). The summed E-state index contributed by atoms with van der Waals surface area (Å²) in [7, 11) is 0. The molecule has 1 fully saturated rings. The van der Waals surface area contributed by atoms with Crippen molar-refractivity contribution in [3.63, 3.8) is 0 Å². The van der Waals surface area contributed by atoms with Gasteiger partial charge in [-0.3, -0.25) is 4.79 Å². The molecule has 4 heteroatoms. The monoisotopic (exact) mass is 172 g/mol. The number of primary amides is 1. The van der Waals surface area contributed by atoms with E-state index in [1.165, 1.54) is 0 Å². The zero-order valence-corrected chi connectivity index (χ0v) is 7.07. The van der Waals surface area contributed by atoms with Crippen LogP contribution in [0.3, 0.4) is 0 Å². The van der Waals surface area contributed by atoms with Crippen molar-refractivity contribution in [1.29, 1.82) is 0 Å². The molecule has 0 aromatic heterocycles. The minimum atomic E-state index is -0.975. The fourth-order valence-electron chi connectivity index (χ4n) is 1.69. The van der Waals surface area contributed by atoms with Crippen LogP contribution in [0.5, 0.6) is 0 Å². The standard InChI is InChI=1S/C8H16N2O2/c9-6-3-1-5(2-4-6)7(11)8(10)12/h5-7,11H,1-4,9H2,(H2,10,12). The number of hydrogen-bond acceptors (Lipinski definition) is 3. The van der Waals surface area contributed by atoms with E-state index >= 15 is 0 Å². The van der Waals surface area contributed by atoms with Gasteiger partial charge in [-0.1, -0.05) is 0 Å². The van der Waals surface area contributed by atoms with E-state index in [-0.39, 0.29) is 12.0 Å². The number of rotatable bonds is 2. The normalized spacial score (nSPS) is 32.8. The van der Waals surface area contributed by atoms with Crippen LogP contribution in [0.15, 0.2) is 0 Å². The van der Waals surface area contributed by atoms with Crippen LogP contribution in [-0.4, -0.2) is 23.2 Å². The van der Waals surface area contributed by atoms with Crippen LogP contribution in [-0.2, 0) is 4.79 Å². The van der Waals surface area contributed by atoms with Gasteiger partial charge in [-0.2, -0.15) is 0 Å². The van der Waals surface area contributed by atoms with Crippen molar-refractivity contribution in [1.82, 2.24) is 0 Å². The molecule has 1 aliphatic rings. The molecule has 0 aromatic rings. The SMILES string of the molecule is NC(=O)C(O)C1CCC(N)CC1. The molecule has 0 saturated heterocycles. The van der Waals surface area contributed by atoms with E-state index in [9.17, 15) is 9.90 Å². The van der Waals surface area contributed by atoms with Gasteiger partial charge < -0.3 is 16.6 Å². The zero-order valence-electron chi connectivity index (χ0n) is 7.07. The highest BCUT2D eigenvalue weighted by Crippen LogP contribution is 2.25. The molecule has 0 spiro atoms. The van der Waals surface area contributed by atoms with Gasteiger partial charge in [-0.25, -0.2) is 0 Å². The molecule has 0 aliphatic heterocycles. The van der Waals surface area contributed by atoms with E-state index in [2.05, 4.69) is 0 Å². The van der Waals surface area contributed by atoms with Gasteiger partial charge in [0.25, 0.3) is 0 Å². The Labute approximate surface area is 71.9 Å². The summed E-state index contributed by atoms with van der Waals surface area (Å²) >= 11 is 0. The molecule has 0 bridgehead atoms. The average molecular weight is 172 g/mol. The minimum Gasteiger partial charge on any atom is -0.383 e. The highest BCUT2D eigenvalue weighted by molar-refractivity contribution is 5.78. The third-order valence-electron chi connectivity index (χ3n) is 2.55. The lowest BCUT2D eigenvalue weighted by Gasteiger charge is -2.27. The maximum absolute atomic E-state index is 10.6. The second kappa shape index (κ2) is 3.87. The Morgan fingerprint density at radius 1 is 1.33 bits per heavy atom. The van der Waals surface area contributed by atoms with Gasteiger partial charge in [0.15, 0.2) is 0 Å². The fourth-order valence-corrected chi connectivity index (χ4v) is 1.69. The van der Waals surface area contributed by atoms with Gasteiger partial charge in [-0.05, 0) is 31.6 Å². The first-order valence-corrected chi connectivity index (χ1v) is 4.34. The van der Waals surface area contributed by atoms with Crippen LogP contribution >= 0.6 is 0 Å². The van der Waals surface area contributed by atoms with Crippen LogP contribution in [0.1, 0.15) is 25.7 Å². The molecule has 1 unspecified atom stereocenters. The van der Waals surface area contributed by atoms with Crippen molar-refractivity contribution >= 4 is 5.91 Å². The number of amides is 1. The lowest BCUT2D eigenvalue weighted by Crippen LogP contribution is -2.39. The predicted molar refractivity (Wildman–Crippen MR) is 45.1 cm³/mol. The largest absolute Gasteiger partial charge is 0.383 e. The summed E-state index contributed by atoms with van der Waals surface area (Å²) in [4.78, 5) is 10.6. The van der Waals surface area contributed by atoms with Crippen molar-refractivity contribution in [2.75, 3.05) is 0 Å². The van der Waals surface area contributed by atoms with Gasteiger partial charge in [0.1, 0.15) is 6.10 Å². The van der Waals surface area contributed by atoms with Crippen molar-refractivity contribution in [2.45, 2.75) is 37.8 Å². The molecule has 1 saturated carbocycles. The number of carbonyl (C=O) groups excluding carboxylic acids is 1. The molecule has 1 atom stereocenters. The Morgan fingerprint density at radius 2 is 1.83 bits per heavy atom. The lowest BCUT2D eigenvalue weighted by molar-refractivity contribution is -0.129. The minimum absolute atomic E-state index is 0.0299. The topological polar surface area (TPSA) is 89.3 Å². The number of carbonyl (C=O) groups is 1. The highest BCUT2D eigenvalue weighted by atomic mass is 16.3. The van der Waals surface area contributed by atoms with Crippen molar-refractivity contribution in [3.8, 4) is 0 Å². The summed E-state index contributed by atoms with van der Waals surface area (Å²) in [6.07, 6.45) is 2.41. The predicted octanol–water partition coefficient (Wildman–Crippen LogP) is -0.650. The summed E-state index contributed by atoms with van der Waals surface area (Å²) in [5.74, 6) is -0.585. The second-order valence-corrected chi connectivity index (χ2v) is 3.52. The molecule has 0 heterocycles. The highest BCUT2D eigenvalue weighted by Gasteiger charge is 2.27. The fraction of sp³-hybridized carbons (Fsp3) is 0.875. The summed E-state index contributed by atoms with van der Waals surface area (Å²) in [5.41, 5.74) is 10.7. The molecular weight excluding hydrogens is 156 g/mol. The third-order valence-corrected chi connectivity index (χ3v) is 2.55. The van der Waals surface area contributed by atoms with Crippen LogP contribution in [0.2, 0.25) is 0 Å². The molecule has 5 N–H and O–H groups in total. The summed E-state index contributed by atoms with van der Waals surface area (Å²) in [6, 6.07) is 0.237. The van der Waals surface area contributed by atoms with Crippen molar-refractivity contribution < 1.29 is 9.90 Å². The van der Waals surface area contributed by atoms with Crippen LogP contribution < -0.4 is 11.5 Å². The van der Waals surface area contributed by atoms with Crippen molar-refractivity contribution in [2.24, 2.45) is 17.4 Å². The van der Waals surface area contributed by atoms with E-state index in [1.807, 2.05) is 0 Å². The van der Waals surface area contributed by atoms with E-state index in [0.717, 1.165) is 25.7 Å². The molecular formula is C8H16N2O2. The van der Waals surface area contributed by atoms with Crippen LogP contribution in [0.25, 0.3) is 0 Å². The summed E-state index contributed by atoms with van der Waals surface area (Å²) in [5, 5.41) is 9.32. The molecule has 0 radical (unpaired) electrons. The second-order valence-electron chi connectivity index (χ2n) is 3.52. The Hall–Kier alpha value is -0.610. The number of hydrogen-bond donors (Lipinski definition) is 3. The Kier molecular flexibility index (Phi) is 3.05. The first kappa shape index (κ1) is 9.48. The number of aliphatic hydroxyl groups is 1. The lowest BCUT2D eigenvalue weighted by atomic mass is 9.83. The Balaban J connectivity index is 2.39. The summed E-state index contributed by atoms with van der Waals surface area (Å²) < 4.78 is 0. The summed E-state index contributed by atoms with van der Waals surface area (Å²) in [6.45, 7) is 0. The van der Waals surface area contributed by atoms with E-state index in [0.29, 0.717) is 0 Å². The molecule has 70 valence electrons. The van der Waals surface area contributed by atoms with E-state index < -0.39 is 12.0 Å². The maximum Gasteiger partial charge on any atom is 0.246 e. The molecule has 1 aliphatic carbocycles. The maximum atomic E-state index is 10.6. The van der Waals surface area contributed by atoms with Crippen molar-refractivity contribution in [3.05, 3.63) is 0 Å². The molecule has 4 nitrogen and oxygen atoms in total. The van der Waals surface area contributed by atoms with Crippen LogP contribution in [0.4, 0.5) is 0 Å². The van der Waals surface area contributed by atoms with Gasteiger partial charge in [0.05, 0.1) is 0 Å². The van der Waals surface area contributed by atoms with Gasteiger partial charge in [0.2, 0.25) is 5.91 Å². The quantitative estimate of drug-likeness (QED) is 0.517. The van der Waals surface area contributed by atoms with Gasteiger partial charge in [0, 0.05) is 6.04 Å². The number of nitrogens with two attached hydrogens (primary N) is 2. The van der Waals surface area contributed by atoms with Gasteiger partial charge in [-0.15, -0.1) is 0 Å². The Morgan fingerprint density at radius 3 is 2.25 bits per heavy atom. The average Bonchev–Trinajstić information content (AvgIpc) is 2.04. The number of aliphatic hydroxyl groups excluding tert-OH is 1. The third kappa shape index (κ3) is 2.19. The van der Waals surface area contributed by atoms with E-state index in [4.69, 9.17) is 11.5 Å². The smallest absolute Gasteiger partial charge is 0.246 e. The molecule has 1 amide bonds. The zero-order chi connectivity index (χ0) is 9.14. The Bertz CT molecular complexity index is 164.